The van der Waals surface area contributed by atoms with Gasteiger partial charge in [-0.25, -0.2) is 9.97 Å². The van der Waals surface area contributed by atoms with Crippen molar-refractivity contribution in [3.05, 3.63) is 17.1 Å². The Labute approximate surface area is 192 Å². The standard InChI is InChI=1S/C26H38N4O2/c1-18-22-13-14-23(31)30(16-19-8-3-2-4-9-19)25(22)28-24(27-18)21-12-7-15-29(17-21)26(32)20-10-5-6-11-20/h19-21H,2-17H2,1H3/t21-/m0/s1. The zero-order valence-corrected chi connectivity index (χ0v) is 19.7. The number of carbonyl (C=O) groups is 2. The largest absolute Gasteiger partial charge is 0.342 e. The van der Waals surface area contributed by atoms with E-state index in [9.17, 15) is 9.59 Å². The Morgan fingerprint density at radius 1 is 0.938 bits per heavy atom. The Balaban J connectivity index is 1.37. The minimum atomic E-state index is 0.173. The van der Waals surface area contributed by atoms with E-state index in [1.165, 1.54) is 44.9 Å². The molecule has 6 heteroatoms. The first-order chi connectivity index (χ1) is 15.6. The van der Waals surface area contributed by atoms with E-state index in [4.69, 9.17) is 9.97 Å². The number of aromatic nitrogens is 2. The van der Waals surface area contributed by atoms with Gasteiger partial charge in [-0.15, -0.1) is 0 Å². The van der Waals surface area contributed by atoms with Crippen LogP contribution in [0.5, 0.6) is 0 Å². The molecule has 1 atom stereocenters. The van der Waals surface area contributed by atoms with Gasteiger partial charge in [-0.05, 0) is 57.8 Å². The van der Waals surface area contributed by atoms with E-state index >= 15 is 0 Å². The number of piperidine rings is 1. The summed E-state index contributed by atoms with van der Waals surface area (Å²) < 4.78 is 0. The van der Waals surface area contributed by atoms with Gasteiger partial charge in [-0.2, -0.15) is 0 Å². The van der Waals surface area contributed by atoms with Gasteiger partial charge in [0.15, 0.2) is 0 Å². The Morgan fingerprint density at radius 3 is 2.47 bits per heavy atom. The first-order valence-electron chi connectivity index (χ1n) is 13.1. The van der Waals surface area contributed by atoms with Gasteiger partial charge in [0, 0.05) is 49.1 Å². The molecule has 0 unspecified atom stereocenters. The number of rotatable bonds is 4. The van der Waals surface area contributed by atoms with Crippen molar-refractivity contribution < 1.29 is 9.59 Å². The highest BCUT2D eigenvalue weighted by molar-refractivity contribution is 5.95. The summed E-state index contributed by atoms with van der Waals surface area (Å²) in [6.07, 6.45) is 14.1. The molecular formula is C26H38N4O2. The van der Waals surface area contributed by atoms with Crippen molar-refractivity contribution in [1.29, 1.82) is 0 Å². The van der Waals surface area contributed by atoms with Crippen molar-refractivity contribution >= 4 is 17.6 Å². The number of nitrogens with zero attached hydrogens (tertiary/aromatic N) is 4. The third kappa shape index (κ3) is 4.42. The van der Waals surface area contributed by atoms with Crippen LogP contribution in [-0.4, -0.2) is 46.3 Å². The Morgan fingerprint density at radius 2 is 1.69 bits per heavy atom. The van der Waals surface area contributed by atoms with Gasteiger partial charge in [0.2, 0.25) is 11.8 Å². The van der Waals surface area contributed by atoms with Crippen LogP contribution in [0.3, 0.4) is 0 Å². The van der Waals surface area contributed by atoms with Crippen molar-refractivity contribution in [3.8, 4) is 0 Å². The lowest BCUT2D eigenvalue weighted by Gasteiger charge is -2.36. The van der Waals surface area contributed by atoms with Gasteiger partial charge in [0.05, 0.1) is 0 Å². The number of fused-ring (bicyclic) bond motifs is 1. The maximum absolute atomic E-state index is 13.0. The third-order valence-corrected chi connectivity index (χ3v) is 8.32. The summed E-state index contributed by atoms with van der Waals surface area (Å²) in [4.78, 5) is 40.0. The molecule has 0 radical (unpaired) electrons. The summed E-state index contributed by atoms with van der Waals surface area (Å²) in [5.74, 6) is 3.26. The van der Waals surface area contributed by atoms with Crippen molar-refractivity contribution in [3.63, 3.8) is 0 Å². The molecule has 3 fully saturated rings. The van der Waals surface area contributed by atoms with E-state index in [1.54, 1.807) is 0 Å². The van der Waals surface area contributed by atoms with E-state index < -0.39 is 0 Å². The number of hydrogen-bond donors (Lipinski definition) is 0. The second-order valence-electron chi connectivity index (χ2n) is 10.6. The number of anilines is 1. The number of amides is 2. The summed E-state index contributed by atoms with van der Waals surface area (Å²) in [6.45, 7) is 4.47. The molecule has 32 heavy (non-hydrogen) atoms. The van der Waals surface area contributed by atoms with Crippen molar-refractivity contribution in [1.82, 2.24) is 14.9 Å². The van der Waals surface area contributed by atoms with Gasteiger partial charge >= 0.3 is 0 Å². The summed E-state index contributed by atoms with van der Waals surface area (Å²) in [5.41, 5.74) is 2.17. The lowest BCUT2D eigenvalue weighted by molar-refractivity contribution is -0.136. The third-order valence-electron chi connectivity index (χ3n) is 8.32. The summed E-state index contributed by atoms with van der Waals surface area (Å²) >= 11 is 0. The van der Waals surface area contributed by atoms with Crippen LogP contribution >= 0.6 is 0 Å². The zero-order chi connectivity index (χ0) is 22.1. The maximum Gasteiger partial charge on any atom is 0.228 e. The van der Waals surface area contributed by atoms with Gasteiger partial charge < -0.3 is 4.90 Å². The van der Waals surface area contributed by atoms with Gasteiger partial charge in [-0.1, -0.05) is 32.1 Å². The number of aryl methyl sites for hydroxylation is 1. The minimum absolute atomic E-state index is 0.173. The fraction of sp³-hybridized carbons (Fsp3) is 0.769. The molecule has 6 nitrogen and oxygen atoms in total. The van der Waals surface area contributed by atoms with Crippen LogP contribution in [0.1, 0.15) is 100 Å². The highest BCUT2D eigenvalue weighted by atomic mass is 16.2. The Kier molecular flexibility index (Phi) is 6.47. The molecule has 2 aliphatic heterocycles. The molecule has 0 N–H and O–H groups in total. The Hall–Kier alpha value is -1.98. The molecule has 1 aromatic heterocycles. The molecule has 0 spiro atoms. The van der Waals surface area contributed by atoms with E-state index in [2.05, 4.69) is 11.8 Å². The fourth-order valence-corrected chi connectivity index (χ4v) is 6.42. The predicted octanol–water partition coefficient (Wildman–Crippen LogP) is 4.54. The molecule has 3 heterocycles. The molecule has 1 aromatic rings. The summed E-state index contributed by atoms with van der Waals surface area (Å²) in [5, 5.41) is 0. The first kappa shape index (κ1) is 21.8. The van der Waals surface area contributed by atoms with Crippen LogP contribution in [0.15, 0.2) is 0 Å². The molecule has 2 aliphatic carbocycles. The number of likely N-dealkylation sites (tertiary alicyclic amines) is 1. The average Bonchev–Trinajstić information content (AvgIpc) is 3.36. The highest BCUT2D eigenvalue weighted by Crippen LogP contribution is 2.35. The second kappa shape index (κ2) is 9.48. The quantitative estimate of drug-likeness (QED) is 0.692. The van der Waals surface area contributed by atoms with Crippen LogP contribution < -0.4 is 4.90 Å². The van der Waals surface area contributed by atoms with E-state index in [-0.39, 0.29) is 17.7 Å². The smallest absolute Gasteiger partial charge is 0.228 e. The molecule has 5 rings (SSSR count). The van der Waals surface area contributed by atoms with Crippen molar-refractivity contribution in [2.24, 2.45) is 11.8 Å². The second-order valence-corrected chi connectivity index (χ2v) is 10.6. The molecule has 2 amide bonds. The molecular weight excluding hydrogens is 400 g/mol. The van der Waals surface area contributed by atoms with E-state index in [0.29, 0.717) is 18.2 Å². The molecule has 0 aromatic carbocycles. The monoisotopic (exact) mass is 438 g/mol. The zero-order valence-electron chi connectivity index (χ0n) is 19.7. The van der Waals surface area contributed by atoms with Crippen LogP contribution in [-0.2, 0) is 16.0 Å². The Bertz CT molecular complexity index is 858. The lowest BCUT2D eigenvalue weighted by Crippen LogP contribution is -2.43. The van der Waals surface area contributed by atoms with E-state index in [1.807, 2.05) is 4.90 Å². The van der Waals surface area contributed by atoms with E-state index in [0.717, 1.165) is 74.6 Å². The predicted molar refractivity (Wildman–Crippen MR) is 125 cm³/mol. The molecule has 2 saturated carbocycles. The van der Waals surface area contributed by atoms with Crippen LogP contribution in [0.25, 0.3) is 0 Å². The van der Waals surface area contributed by atoms with Gasteiger partial charge in [0.25, 0.3) is 0 Å². The molecule has 1 saturated heterocycles. The van der Waals surface area contributed by atoms with Gasteiger partial charge in [-0.3, -0.25) is 14.5 Å². The fourth-order valence-electron chi connectivity index (χ4n) is 6.42. The van der Waals surface area contributed by atoms with Gasteiger partial charge in [0.1, 0.15) is 11.6 Å². The normalized spacial score (nSPS) is 25.3. The first-order valence-corrected chi connectivity index (χ1v) is 13.1. The van der Waals surface area contributed by atoms with Crippen molar-refractivity contribution in [2.45, 2.75) is 96.3 Å². The molecule has 0 bridgehead atoms. The summed E-state index contributed by atoms with van der Waals surface area (Å²) in [7, 11) is 0. The number of carbonyl (C=O) groups excluding carboxylic acids is 2. The molecule has 4 aliphatic rings. The minimum Gasteiger partial charge on any atom is -0.342 e. The lowest BCUT2D eigenvalue weighted by atomic mass is 9.88. The highest BCUT2D eigenvalue weighted by Gasteiger charge is 2.34. The number of hydrogen-bond acceptors (Lipinski definition) is 4. The van der Waals surface area contributed by atoms with Crippen LogP contribution in [0.2, 0.25) is 0 Å². The van der Waals surface area contributed by atoms with Crippen LogP contribution in [0, 0.1) is 18.8 Å². The van der Waals surface area contributed by atoms with Crippen LogP contribution in [0.4, 0.5) is 5.82 Å². The molecule has 174 valence electrons. The maximum atomic E-state index is 13.0. The summed E-state index contributed by atoms with van der Waals surface area (Å²) in [6, 6.07) is 0. The SMILES string of the molecule is Cc1nc([C@H]2CCCN(C(=O)C3CCCC3)C2)nc2c1CCC(=O)N2CC1CCCCC1. The van der Waals surface area contributed by atoms with Crippen molar-refractivity contribution in [2.75, 3.05) is 24.5 Å². The topological polar surface area (TPSA) is 66.4 Å². The average molecular weight is 439 g/mol.